The van der Waals surface area contributed by atoms with Gasteiger partial charge in [-0.25, -0.2) is 17.6 Å². The van der Waals surface area contributed by atoms with Crippen molar-refractivity contribution >= 4 is 17.3 Å². The van der Waals surface area contributed by atoms with Crippen LogP contribution in [-0.4, -0.2) is 25.7 Å². The number of benzene rings is 2. The Balaban J connectivity index is 2.44. The number of hydrogen-bond acceptors (Lipinski definition) is 3. The predicted octanol–water partition coefficient (Wildman–Crippen LogP) is 3.08. The largest absolute Gasteiger partial charge is 0.377 e. The van der Waals surface area contributed by atoms with Crippen molar-refractivity contribution in [1.29, 1.82) is 0 Å². The lowest BCUT2D eigenvalue weighted by Gasteiger charge is -2.24. The Kier molecular flexibility index (Phi) is 3.24. The van der Waals surface area contributed by atoms with E-state index in [0.717, 1.165) is 0 Å². The fourth-order valence-corrected chi connectivity index (χ4v) is 2.66. The number of fused-ring (bicyclic) bond motifs is 2. The van der Waals surface area contributed by atoms with Crippen molar-refractivity contribution in [1.82, 2.24) is 0 Å². The average molecular weight is 323 g/mol. The number of nitrogens with zero attached hydrogens (tertiary/aromatic N) is 1. The third kappa shape index (κ3) is 1.89. The average Bonchev–Trinajstić information content (AvgIpc) is 2.53. The minimum atomic E-state index is -2.12. The van der Waals surface area contributed by atoms with Crippen molar-refractivity contribution in [3.63, 3.8) is 0 Å². The summed E-state index contributed by atoms with van der Waals surface area (Å²) in [6.07, 6.45) is 0. The van der Waals surface area contributed by atoms with Crippen LogP contribution in [0.3, 0.4) is 0 Å². The number of hydrogen-bond donors (Lipinski definition) is 0. The molecular formula is C16H9F4NO2. The maximum Gasteiger partial charge on any atom is 0.199 e. The van der Waals surface area contributed by atoms with Crippen LogP contribution in [-0.2, 0) is 0 Å². The summed E-state index contributed by atoms with van der Waals surface area (Å²) in [6.45, 7) is 0. The van der Waals surface area contributed by atoms with Crippen molar-refractivity contribution in [2.24, 2.45) is 0 Å². The van der Waals surface area contributed by atoms with E-state index < -0.39 is 46.0 Å². The number of carbonyl (C=O) groups excluding carboxylic acids is 2. The molecule has 0 fully saturated rings. The molecule has 7 heteroatoms. The summed E-state index contributed by atoms with van der Waals surface area (Å²) in [4.78, 5) is 26.4. The van der Waals surface area contributed by atoms with E-state index in [4.69, 9.17) is 0 Å². The quantitative estimate of drug-likeness (QED) is 0.392. The lowest BCUT2D eigenvalue weighted by molar-refractivity contribution is 0.0970. The second-order valence-corrected chi connectivity index (χ2v) is 5.26. The summed E-state index contributed by atoms with van der Waals surface area (Å²) >= 11 is 0. The van der Waals surface area contributed by atoms with Crippen molar-refractivity contribution in [2.75, 3.05) is 19.0 Å². The van der Waals surface area contributed by atoms with Gasteiger partial charge in [-0.1, -0.05) is 12.1 Å². The third-order valence-electron chi connectivity index (χ3n) is 3.72. The molecule has 3 nitrogen and oxygen atoms in total. The van der Waals surface area contributed by atoms with Gasteiger partial charge in [0.1, 0.15) is 0 Å². The summed E-state index contributed by atoms with van der Waals surface area (Å²) in [5.41, 5.74) is -2.21. The predicted molar refractivity (Wildman–Crippen MR) is 73.9 cm³/mol. The first kappa shape index (κ1) is 15.2. The lowest BCUT2D eigenvalue weighted by Crippen LogP contribution is -2.28. The van der Waals surface area contributed by atoms with Gasteiger partial charge in [-0.15, -0.1) is 0 Å². The number of halogens is 4. The molecule has 2 aromatic rings. The van der Waals surface area contributed by atoms with Gasteiger partial charge in [-0.05, 0) is 6.07 Å². The van der Waals surface area contributed by atoms with Gasteiger partial charge in [0, 0.05) is 25.3 Å². The molecule has 2 aromatic carbocycles. The van der Waals surface area contributed by atoms with Crippen LogP contribution in [0, 0.1) is 23.3 Å². The maximum atomic E-state index is 14.0. The first-order valence-corrected chi connectivity index (χ1v) is 6.53. The van der Waals surface area contributed by atoms with E-state index in [1.807, 2.05) is 0 Å². The van der Waals surface area contributed by atoms with Gasteiger partial charge >= 0.3 is 0 Å². The fourth-order valence-electron chi connectivity index (χ4n) is 2.66. The van der Waals surface area contributed by atoms with Crippen LogP contribution < -0.4 is 4.90 Å². The summed E-state index contributed by atoms with van der Waals surface area (Å²) in [5, 5.41) is 0. The van der Waals surface area contributed by atoms with Crippen LogP contribution in [0.5, 0.6) is 0 Å². The molecule has 1 aliphatic rings. The van der Waals surface area contributed by atoms with Gasteiger partial charge in [0.2, 0.25) is 0 Å². The molecule has 3 rings (SSSR count). The second kappa shape index (κ2) is 4.91. The van der Waals surface area contributed by atoms with Gasteiger partial charge in [-0.3, -0.25) is 9.59 Å². The van der Waals surface area contributed by atoms with Gasteiger partial charge in [0.15, 0.2) is 34.8 Å². The van der Waals surface area contributed by atoms with Crippen LogP contribution in [0.4, 0.5) is 23.2 Å². The topological polar surface area (TPSA) is 37.4 Å². The van der Waals surface area contributed by atoms with E-state index in [0.29, 0.717) is 0 Å². The first-order valence-electron chi connectivity index (χ1n) is 6.53. The molecule has 0 aliphatic heterocycles. The molecule has 0 bridgehead atoms. The molecule has 118 valence electrons. The first-order chi connectivity index (χ1) is 10.8. The number of carbonyl (C=O) groups is 2. The SMILES string of the molecule is CN(C)c1cccc2c1C(=O)c1c(F)c(F)c(F)c(F)c1C2=O. The molecule has 0 heterocycles. The van der Waals surface area contributed by atoms with Crippen LogP contribution in [0.25, 0.3) is 0 Å². The Bertz CT molecular complexity index is 890. The third-order valence-corrected chi connectivity index (χ3v) is 3.72. The van der Waals surface area contributed by atoms with Crippen molar-refractivity contribution in [2.45, 2.75) is 0 Å². The molecule has 0 saturated carbocycles. The molecule has 0 aromatic heterocycles. The van der Waals surface area contributed by atoms with E-state index in [1.54, 1.807) is 14.1 Å². The second-order valence-electron chi connectivity index (χ2n) is 5.26. The van der Waals surface area contributed by atoms with Gasteiger partial charge in [-0.2, -0.15) is 0 Å². The standard InChI is InChI=1S/C16H9F4NO2/c1-21(2)7-5-3-4-6-8(7)16(23)10-9(15(6)22)11(17)13(19)14(20)12(10)18/h3-5H,1-2H3. The Morgan fingerprint density at radius 3 is 1.78 bits per heavy atom. The zero-order chi connectivity index (χ0) is 17.0. The smallest absolute Gasteiger partial charge is 0.199 e. The highest BCUT2D eigenvalue weighted by Gasteiger charge is 2.40. The van der Waals surface area contributed by atoms with Crippen LogP contribution in [0.15, 0.2) is 18.2 Å². The van der Waals surface area contributed by atoms with E-state index in [1.165, 1.54) is 23.1 Å². The van der Waals surface area contributed by atoms with E-state index >= 15 is 0 Å². The number of anilines is 1. The highest BCUT2D eigenvalue weighted by atomic mass is 19.2. The fraction of sp³-hybridized carbons (Fsp3) is 0.125. The zero-order valence-corrected chi connectivity index (χ0v) is 12.0. The summed E-state index contributed by atoms with van der Waals surface area (Å²) in [6, 6.07) is 4.21. The summed E-state index contributed by atoms with van der Waals surface area (Å²) in [5.74, 6) is -10.1. The van der Waals surface area contributed by atoms with Crippen LogP contribution in [0.2, 0.25) is 0 Å². The molecule has 0 amide bonds. The van der Waals surface area contributed by atoms with Crippen molar-refractivity contribution in [3.05, 3.63) is 63.7 Å². The number of rotatable bonds is 1. The molecule has 0 atom stereocenters. The number of ketones is 2. The van der Waals surface area contributed by atoms with Crippen LogP contribution >= 0.6 is 0 Å². The maximum absolute atomic E-state index is 14.0. The van der Waals surface area contributed by atoms with Gasteiger partial charge < -0.3 is 4.90 Å². The monoisotopic (exact) mass is 323 g/mol. The van der Waals surface area contributed by atoms with E-state index in [2.05, 4.69) is 0 Å². The highest BCUT2D eigenvalue weighted by Crippen LogP contribution is 2.36. The molecule has 0 N–H and O–H groups in total. The summed E-state index contributed by atoms with van der Waals surface area (Å²) < 4.78 is 54.8. The van der Waals surface area contributed by atoms with Crippen LogP contribution in [0.1, 0.15) is 31.8 Å². The molecule has 23 heavy (non-hydrogen) atoms. The van der Waals surface area contributed by atoms with Crippen molar-refractivity contribution < 1.29 is 27.2 Å². The highest BCUT2D eigenvalue weighted by molar-refractivity contribution is 6.30. The van der Waals surface area contributed by atoms with E-state index in [-0.39, 0.29) is 16.8 Å². The Morgan fingerprint density at radius 1 is 0.739 bits per heavy atom. The summed E-state index contributed by atoms with van der Waals surface area (Å²) in [7, 11) is 3.18. The normalized spacial score (nSPS) is 13.0. The van der Waals surface area contributed by atoms with Crippen molar-refractivity contribution in [3.8, 4) is 0 Å². The Hall–Kier alpha value is -2.70. The zero-order valence-electron chi connectivity index (χ0n) is 12.0. The minimum absolute atomic E-state index is 0.167. The lowest BCUT2D eigenvalue weighted by atomic mass is 9.82. The Labute approximate surface area is 128 Å². The van der Waals surface area contributed by atoms with E-state index in [9.17, 15) is 27.2 Å². The van der Waals surface area contributed by atoms with Gasteiger partial charge in [0.05, 0.1) is 16.7 Å². The molecule has 0 spiro atoms. The molecule has 0 unspecified atom stereocenters. The minimum Gasteiger partial charge on any atom is -0.377 e. The molecule has 0 saturated heterocycles. The molecular weight excluding hydrogens is 314 g/mol. The Morgan fingerprint density at radius 2 is 1.26 bits per heavy atom. The molecule has 0 radical (unpaired) electrons. The van der Waals surface area contributed by atoms with Gasteiger partial charge in [0.25, 0.3) is 0 Å². The molecule has 1 aliphatic carbocycles.